The second-order valence-electron chi connectivity index (χ2n) is 3.93. The lowest BCUT2D eigenvalue weighted by Gasteiger charge is -2.10. The first-order chi connectivity index (χ1) is 8.11. The van der Waals surface area contributed by atoms with Gasteiger partial charge in [0.05, 0.1) is 12.1 Å². The Morgan fingerprint density at radius 2 is 1.88 bits per heavy atom. The number of ether oxygens (including phenoxy) is 1. The van der Waals surface area contributed by atoms with Gasteiger partial charge in [-0.15, -0.1) is 0 Å². The lowest BCUT2D eigenvalue weighted by Crippen LogP contribution is -1.90. The summed E-state index contributed by atoms with van der Waals surface area (Å²) in [6.07, 6.45) is 0. The van der Waals surface area contributed by atoms with Gasteiger partial charge in [0.1, 0.15) is 5.75 Å². The molecule has 3 heteroatoms. The molecule has 0 aliphatic rings. The standard InChI is InChI=1S/C14H14ClNO/c1-9-6-11(8-13(15)14(9)17-2)10-4-3-5-12(16)7-10/h3-8H,16H2,1-2H3. The first kappa shape index (κ1) is 11.8. The molecule has 88 valence electrons. The Kier molecular flexibility index (Phi) is 3.25. The zero-order valence-electron chi connectivity index (χ0n) is 9.83. The highest BCUT2D eigenvalue weighted by Crippen LogP contribution is 2.34. The van der Waals surface area contributed by atoms with Crippen molar-refractivity contribution in [1.29, 1.82) is 0 Å². The van der Waals surface area contributed by atoms with E-state index in [0.29, 0.717) is 5.02 Å². The molecular weight excluding hydrogens is 234 g/mol. The van der Waals surface area contributed by atoms with Crippen molar-refractivity contribution in [3.8, 4) is 16.9 Å². The Morgan fingerprint density at radius 3 is 2.47 bits per heavy atom. The maximum absolute atomic E-state index is 6.17. The molecule has 2 nitrogen and oxygen atoms in total. The molecule has 17 heavy (non-hydrogen) atoms. The van der Waals surface area contributed by atoms with Gasteiger partial charge in [0.15, 0.2) is 0 Å². The molecule has 0 radical (unpaired) electrons. The summed E-state index contributed by atoms with van der Waals surface area (Å²) in [5, 5.41) is 0.616. The largest absolute Gasteiger partial charge is 0.495 e. The third-order valence-electron chi connectivity index (χ3n) is 2.65. The normalized spacial score (nSPS) is 10.3. The summed E-state index contributed by atoms with van der Waals surface area (Å²) in [7, 11) is 1.62. The van der Waals surface area contributed by atoms with Gasteiger partial charge in [-0.05, 0) is 47.9 Å². The number of hydrogen-bond donors (Lipinski definition) is 1. The molecule has 0 aliphatic carbocycles. The number of hydrogen-bond acceptors (Lipinski definition) is 2. The van der Waals surface area contributed by atoms with E-state index >= 15 is 0 Å². The van der Waals surface area contributed by atoms with E-state index in [9.17, 15) is 0 Å². The number of aryl methyl sites for hydroxylation is 1. The molecule has 0 aromatic heterocycles. The minimum Gasteiger partial charge on any atom is -0.495 e. The summed E-state index contributed by atoms with van der Waals surface area (Å²) in [5.74, 6) is 0.722. The van der Waals surface area contributed by atoms with Gasteiger partial charge in [-0.3, -0.25) is 0 Å². The molecule has 0 saturated carbocycles. The Hall–Kier alpha value is -1.67. The van der Waals surface area contributed by atoms with Gasteiger partial charge in [-0.2, -0.15) is 0 Å². The van der Waals surface area contributed by atoms with Crippen LogP contribution in [-0.2, 0) is 0 Å². The van der Waals surface area contributed by atoms with Crippen LogP contribution in [-0.4, -0.2) is 7.11 Å². The van der Waals surface area contributed by atoms with Crippen LogP contribution in [0.1, 0.15) is 5.56 Å². The van der Waals surface area contributed by atoms with Crippen LogP contribution >= 0.6 is 11.6 Å². The summed E-state index contributed by atoms with van der Waals surface area (Å²) in [4.78, 5) is 0. The third-order valence-corrected chi connectivity index (χ3v) is 2.93. The molecule has 2 aromatic carbocycles. The Morgan fingerprint density at radius 1 is 1.12 bits per heavy atom. The molecule has 0 amide bonds. The van der Waals surface area contributed by atoms with Gasteiger partial charge in [-0.1, -0.05) is 23.7 Å². The van der Waals surface area contributed by atoms with Crippen molar-refractivity contribution in [2.45, 2.75) is 6.92 Å². The number of benzene rings is 2. The molecular formula is C14H14ClNO. The molecule has 0 saturated heterocycles. The molecule has 2 rings (SSSR count). The summed E-state index contributed by atoms with van der Waals surface area (Å²) < 4.78 is 5.23. The van der Waals surface area contributed by atoms with Crippen molar-refractivity contribution in [3.63, 3.8) is 0 Å². The van der Waals surface area contributed by atoms with E-state index in [2.05, 4.69) is 0 Å². The van der Waals surface area contributed by atoms with Crippen molar-refractivity contribution < 1.29 is 4.74 Å². The van der Waals surface area contributed by atoms with Crippen LogP contribution in [0.15, 0.2) is 36.4 Å². The number of nitrogens with two attached hydrogens (primary N) is 1. The number of methoxy groups -OCH3 is 1. The second kappa shape index (κ2) is 4.68. The topological polar surface area (TPSA) is 35.2 Å². The molecule has 0 fully saturated rings. The van der Waals surface area contributed by atoms with Crippen molar-refractivity contribution in [2.24, 2.45) is 0 Å². The van der Waals surface area contributed by atoms with Crippen LogP contribution in [0.4, 0.5) is 5.69 Å². The zero-order chi connectivity index (χ0) is 12.4. The fourth-order valence-corrected chi connectivity index (χ4v) is 2.22. The van der Waals surface area contributed by atoms with Gasteiger partial charge in [0, 0.05) is 5.69 Å². The SMILES string of the molecule is COc1c(C)cc(-c2cccc(N)c2)cc1Cl. The van der Waals surface area contributed by atoms with Crippen molar-refractivity contribution >= 4 is 17.3 Å². The molecule has 2 N–H and O–H groups in total. The molecule has 0 bridgehead atoms. The van der Waals surface area contributed by atoms with Gasteiger partial charge in [0.2, 0.25) is 0 Å². The predicted molar refractivity (Wildman–Crippen MR) is 72.6 cm³/mol. The molecule has 0 unspecified atom stereocenters. The highest BCUT2D eigenvalue weighted by atomic mass is 35.5. The Labute approximate surface area is 106 Å². The predicted octanol–water partition coefficient (Wildman–Crippen LogP) is 3.91. The van der Waals surface area contributed by atoms with E-state index in [1.54, 1.807) is 7.11 Å². The molecule has 0 atom stereocenters. The van der Waals surface area contributed by atoms with Crippen LogP contribution in [0.2, 0.25) is 5.02 Å². The molecule has 0 spiro atoms. The van der Waals surface area contributed by atoms with Gasteiger partial charge in [0.25, 0.3) is 0 Å². The van der Waals surface area contributed by atoms with Gasteiger partial charge < -0.3 is 10.5 Å². The van der Waals surface area contributed by atoms with Crippen LogP contribution in [0.25, 0.3) is 11.1 Å². The molecule has 0 aliphatic heterocycles. The monoisotopic (exact) mass is 247 g/mol. The van der Waals surface area contributed by atoms with E-state index in [0.717, 1.165) is 28.1 Å². The van der Waals surface area contributed by atoms with Gasteiger partial charge >= 0.3 is 0 Å². The minimum atomic E-state index is 0.616. The van der Waals surface area contributed by atoms with E-state index in [1.807, 2.05) is 43.3 Å². The van der Waals surface area contributed by atoms with E-state index < -0.39 is 0 Å². The first-order valence-electron chi connectivity index (χ1n) is 5.32. The fourth-order valence-electron chi connectivity index (χ4n) is 1.87. The summed E-state index contributed by atoms with van der Waals surface area (Å²) in [5.41, 5.74) is 9.62. The molecule has 2 aromatic rings. The third kappa shape index (κ3) is 2.37. The average molecular weight is 248 g/mol. The van der Waals surface area contributed by atoms with Crippen LogP contribution in [0, 0.1) is 6.92 Å². The number of halogens is 1. The summed E-state index contributed by atoms with van der Waals surface area (Å²) in [6, 6.07) is 11.7. The lowest BCUT2D eigenvalue weighted by molar-refractivity contribution is 0.412. The Bertz CT molecular complexity index is 529. The zero-order valence-corrected chi connectivity index (χ0v) is 10.6. The Balaban J connectivity index is 2.54. The number of anilines is 1. The maximum Gasteiger partial charge on any atom is 0.140 e. The molecule has 0 heterocycles. The van der Waals surface area contributed by atoms with Crippen molar-refractivity contribution in [2.75, 3.05) is 12.8 Å². The van der Waals surface area contributed by atoms with Gasteiger partial charge in [-0.25, -0.2) is 0 Å². The first-order valence-corrected chi connectivity index (χ1v) is 5.69. The minimum absolute atomic E-state index is 0.616. The van der Waals surface area contributed by atoms with Crippen molar-refractivity contribution in [1.82, 2.24) is 0 Å². The van der Waals surface area contributed by atoms with Crippen LogP contribution in [0.5, 0.6) is 5.75 Å². The van der Waals surface area contributed by atoms with Crippen LogP contribution < -0.4 is 10.5 Å². The highest BCUT2D eigenvalue weighted by Gasteiger charge is 2.08. The van der Waals surface area contributed by atoms with Crippen molar-refractivity contribution in [3.05, 3.63) is 47.0 Å². The maximum atomic E-state index is 6.17. The lowest BCUT2D eigenvalue weighted by atomic mass is 10.0. The average Bonchev–Trinajstić information content (AvgIpc) is 2.28. The van der Waals surface area contributed by atoms with E-state index in [1.165, 1.54) is 0 Å². The van der Waals surface area contributed by atoms with E-state index in [4.69, 9.17) is 22.1 Å². The smallest absolute Gasteiger partial charge is 0.140 e. The van der Waals surface area contributed by atoms with E-state index in [-0.39, 0.29) is 0 Å². The fraction of sp³-hybridized carbons (Fsp3) is 0.143. The summed E-state index contributed by atoms with van der Waals surface area (Å²) >= 11 is 6.17. The number of rotatable bonds is 2. The second-order valence-corrected chi connectivity index (χ2v) is 4.34. The highest BCUT2D eigenvalue weighted by molar-refractivity contribution is 6.32. The number of nitrogen functional groups attached to an aromatic ring is 1. The quantitative estimate of drug-likeness (QED) is 0.817. The summed E-state index contributed by atoms with van der Waals surface area (Å²) in [6.45, 7) is 1.97. The van der Waals surface area contributed by atoms with Crippen LogP contribution in [0.3, 0.4) is 0 Å².